The fourth-order valence-corrected chi connectivity index (χ4v) is 3.93. The second-order valence-corrected chi connectivity index (χ2v) is 7.59. The van der Waals surface area contributed by atoms with Gasteiger partial charge in [0.25, 0.3) is 0 Å². The zero-order valence-corrected chi connectivity index (χ0v) is 16.5. The Morgan fingerprint density at radius 1 is 1.11 bits per heavy atom. The van der Waals surface area contributed by atoms with Crippen molar-refractivity contribution in [3.63, 3.8) is 0 Å². The molecule has 1 saturated heterocycles. The van der Waals surface area contributed by atoms with Gasteiger partial charge in [-0.3, -0.25) is 4.79 Å². The molecule has 1 aliphatic heterocycles. The van der Waals surface area contributed by atoms with Gasteiger partial charge in [-0.2, -0.15) is 4.52 Å². The minimum absolute atomic E-state index is 0.0134. The van der Waals surface area contributed by atoms with E-state index in [0.29, 0.717) is 24.0 Å². The molecule has 0 aliphatic carbocycles. The highest BCUT2D eigenvalue weighted by atomic mass is 79.9. The van der Waals surface area contributed by atoms with Crippen molar-refractivity contribution in [1.29, 1.82) is 0 Å². The Bertz CT molecular complexity index is 1200. The van der Waals surface area contributed by atoms with Gasteiger partial charge in [0, 0.05) is 22.0 Å². The maximum atomic E-state index is 12.2. The van der Waals surface area contributed by atoms with Crippen LogP contribution in [0.15, 0.2) is 53.0 Å². The SMILES string of the molecule is O=C1NCCC[C@H]1Nc1nc2ccccc2c2nc(-c3ccccc3Br)nn12. The maximum Gasteiger partial charge on any atom is 0.242 e. The molecule has 5 rings (SSSR count). The van der Waals surface area contributed by atoms with E-state index in [0.717, 1.165) is 33.8 Å². The maximum absolute atomic E-state index is 12.2. The molecular formula is C20H17BrN6O. The van der Waals surface area contributed by atoms with Gasteiger partial charge in [-0.15, -0.1) is 5.10 Å². The molecule has 1 aliphatic rings. The molecule has 0 saturated carbocycles. The van der Waals surface area contributed by atoms with E-state index in [1.165, 1.54) is 0 Å². The molecule has 2 N–H and O–H groups in total. The molecule has 1 amide bonds. The van der Waals surface area contributed by atoms with Crippen LogP contribution in [0.5, 0.6) is 0 Å². The summed E-state index contributed by atoms with van der Waals surface area (Å²) in [5.74, 6) is 1.10. The summed E-state index contributed by atoms with van der Waals surface area (Å²) in [6, 6.07) is 15.3. The van der Waals surface area contributed by atoms with Gasteiger partial charge in [-0.25, -0.2) is 9.97 Å². The van der Waals surface area contributed by atoms with Crippen molar-refractivity contribution in [3.8, 4) is 11.4 Å². The van der Waals surface area contributed by atoms with Crippen LogP contribution in [0.4, 0.5) is 5.95 Å². The van der Waals surface area contributed by atoms with E-state index >= 15 is 0 Å². The molecule has 2 aromatic carbocycles. The average Bonchev–Trinajstić information content (AvgIpc) is 3.16. The number of aromatic nitrogens is 4. The summed E-state index contributed by atoms with van der Waals surface area (Å²) >= 11 is 3.57. The van der Waals surface area contributed by atoms with Gasteiger partial charge in [-0.1, -0.05) is 40.2 Å². The Morgan fingerprint density at radius 3 is 2.79 bits per heavy atom. The molecule has 1 fully saturated rings. The van der Waals surface area contributed by atoms with Crippen LogP contribution < -0.4 is 10.6 Å². The van der Waals surface area contributed by atoms with E-state index in [4.69, 9.17) is 15.1 Å². The third-order valence-electron chi connectivity index (χ3n) is 4.88. The number of nitrogens with one attached hydrogen (secondary N) is 2. The largest absolute Gasteiger partial charge is 0.354 e. The number of anilines is 1. The summed E-state index contributed by atoms with van der Waals surface area (Å²) in [4.78, 5) is 21.7. The van der Waals surface area contributed by atoms with Gasteiger partial charge in [0.05, 0.1) is 5.52 Å². The molecule has 1 atom stereocenters. The number of halogens is 1. The lowest BCUT2D eigenvalue weighted by atomic mass is 10.1. The zero-order valence-electron chi connectivity index (χ0n) is 14.9. The summed E-state index contributed by atoms with van der Waals surface area (Å²) in [6.45, 7) is 0.715. The van der Waals surface area contributed by atoms with Gasteiger partial charge in [0.2, 0.25) is 11.9 Å². The highest BCUT2D eigenvalue weighted by Crippen LogP contribution is 2.28. The fraction of sp³-hybridized carbons (Fsp3) is 0.200. The first-order valence-electron chi connectivity index (χ1n) is 9.15. The normalized spacial score (nSPS) is 17.0. The quantitative estimate of drug-likeness (QED) is 0.514. The molecule has 140 valence electrons. The van der Waals surface area contributed by atoms with Crippen LogP contribution in [0.25, 0.3) is 27.9 Å². The van der Waals surface area contributed by atoms with Crippen LogP contribution in [0.2, 0.25) is 0 Å². The van der Waals surface area contributed by atoms with Crippen molar-refractivity contribution in [1.82, 2.24) is 24.9 Å². The summed E-state index contributed by atoms with van der Waals surface area (Å²) in [6.07, 6.45) is 1.69. The topological polar surface area (TPSA) is 84.2 Å². The zero-order chi connectivity index (χ0) is 19.1. The number of nitrogens with zero attached hydrogens (tertiary/aromatic N) is 4. The van der Waals surface area contributed by atoms with Crippen molar-refractivity contribution in [3.05, 3.63) is 53.0 Å². The van der Waals surface area contributed by atoms with Crippen molar-refractivity contribution in [2.24, 2.45) is 0 Å². The number of para-hydroxylation sites is 1. The number of benzene rings is 2. The van der Waals surface area contributed by atoms with Crippen LogP contribution in [-0.4, -0.2) is 38.1 Å². The number of carbonyl (C=O) groups is 1. The third-order valence-corrected chi connectivity index (χ3v) is 5.57. The molecule has 2 aromatic heterocycles. The Hall–Kier alpha value is -3.00. The van der Waals surface area contributed by atoms with Gasteiger partial charge in [0.15, 0.2) is 11.5 Å². The molecule has 0 spiro atoms. The molecule has 28 heavy (non-hydrogen) atoms. The number of piperidine rings is 1. The van der Waals surface area contributed by atoms with Gasteiger partial charge in [-0.05, 0) is 37.1 Å². The molecule has 3 heterocycles. The van der Waals surface area contributed by atoms with Crippen LogP contribution >= 0.6 is 15.9 Å². The first-order valence-corrected chi connectivity index (χ1v) is 9.95. The Labute approximate surface area is 169 Å². The average molecular weight is 437 g/mol. The van der Waals surface area contributed by atoms with Gasteiger partial charge < -0.3 is 10.6 Å². The number of rotatable bonds is 3. The minimum atomic E-state index is -0.332. The lowest BCUT2D eigenvalue weighted by Crippen LogP contribution is -2.44. The van der Waals surface area contributed by atoms with Gasteiger partial charge in [0.1, 0.15) is 6.04 Å². The Balaban J connectivity index is 1.70. The second-order valence-electron chi connectivity index (χ2n) is 6.73. The number of fused-ring (bicyclic) bond motifs is 3. The van der Waals surface area contributed by atoms with E-state index in [-0.39, 0.29) is 11.9 Å². The van der Waals surface area contributed by atoms with Crippen molar-refractivity contribution < 1.29 is 4.79 Å². The van der Waals surface area contributed by atoms with E-state index in [2.05, 4.69) is 26.6 Å². The molecular weight excluding hydrogens is 420 g/mol. The number of carbonyl (C=O) groups excluding carboxylic acids is 1. The van der Waals surface area contributed by atoms with E-state index in [1.54, 1.807) is 4.52 Å². The molecule has 0 radical (unpaired) electrons. The number of hydrogen-bond acceptors (Lipinski definition) is 5. The predicted molar refractivity (Wildman–Crippen MR) is 111 cm³/mol. The van der Waals surface area contributed by atoms with Gasteiger partial charge >= 0.3 is 0 Å². The van der Waals surface area contributed by atoms with Crippen LogP contribution in [0, 0.1) is 0 Å². The summed E-state index contributed by atoms with van der Waals surface area (Å²) in [7, 11) is 0. The van der Waals surface area contributed by atoms with Crippen molar-refractivity contribution >= 4 is 44.3 Å². The van der Waals surface area contributed by atoms with Crippen molar-refractivity contribution in [2.75, 3.05) is 11.9 Å². The van der Waals surface area contributed by atoms with Crippen molar-refractivity contribution in [2.45, 2.75) is 18.9 Å². The highest BCUT2D eigenvalue weighted by molar-refractivity contribution is 9.10. The Morgan fingerprint density at radius 2 is 1.93 bits per heavy atom. The lowest BCUT2D eigenvalue weighted by Gasteiger charge is -2.23. The van der Waals surface area contributed by atoms with Crippen LogP contribution in [0.1, 0.15) is 12.8 Å². The first-order chi connectivity index (χ1) is 13.7. The molecule has 4 aromatic rings. The molecule has 0 unspecified atom stereocenters. The van der Waals surface area contributed by atoms with Crippen LogP contribution in [0.3, 0.4) is 0 Å². The van der Waals surface area contributed by atoms with E-state index in [9.17, 15) is 4.79 Å². The predicted octanol–water partition coefficient (Wildman–Crippen LogP) is 3.40. The number of hydrogen-bond donors (Lipinski definition) is 2. The summed E-state index contributed by atoms with van der Waals surface area (Å²) in [5, 5.41) is 11.8. The lowest BCUT2D eigenvalue weighted by molar-refractivity contribution is -0.123. The fourth-order valence-electron chi connectivity index (χ4n) is 3.47. The monoisotopic (exact) mass is 436 g/mol. The second kappa shape index (κ2) is 6.87. The minimum Gasteiger partial charge on any atom is -0.354 e. The summed E-state index contributed by atoms with van der Waals surface area (Å²) in [5.41, 5.74) is 2.41. The summed E-state index contributed by atoms with van der Waals surface area (Å²) < 4.78 is 2.61. The van der Waals surface area contributed by atoms with E-state index in [1.807, 2.05) is 48.5 Å². The molecule has 8 heteroatoms. The molecule has 0 bridgehead atoms. The standard InChI is InChI=1S/C20H17BrN6O/c21-14-8-3-1-6-12(14)17-25-18-13-7-2-4-9-15(13)23-20(27(18)26-17)24-16-10-5-11-22-19(16)28/h1-4,6-9,16H,5,10-11H2,(H,22,28)(H,23,24)/t16-/m1/s1. The third kappa shape index (κ3) is 2.90. The number of amides is 1. The Kier molecular flexibility index (Phi) is 4.20. The molecule has 7 nitrogen and oxygen atoms in total. The smallest absolute Gasteiger partial charge is 0.242 e. The first kappa shape index (κ1) is 17.1. The highest BCUT2D eigenvalue weighted by Gasteiger charge is 2.24. The van der Waals surface area contributed by atoms with E-state index < -0.39 is 0 Å². The van der Waals surface area contributed by atoms with Crippen LogP contribution in [-0.2, 0) is 4.79 Å².